The number of anilines is 2. The standard InChI is InChI=1S/C12H20ClN3O/c1-12(2,3)10(4-5-17)16-11-9(14)6-8(13)7-15-11/h6-7,10,17H,4-5,14H2,1-3H3,(H,15,16). The SMILES string of the molecule is CC(C)(C)C(CCO)Nc1ncc(Cl)cc1N. The summed E-state index contributed by atoms with van der Waals surface area (Å²) in [5.41, 5.74) is 6.37. The molecule has 1 rings (SSSR count). The zero-order valence-electron chi connectivity index (χ0n) is 10.5. The molecule has 0 saturated heterocycles. The first-order valence-corrected chi connectivity index (χ1v) is 6.01. The van der Waals surface area contributed by atoms with Gasteiger partial charge in [0.15, 0.2) is 0 Å². The monoisotopic (exact) mass is 257 g/mol. The van der Waals surface area contributed by atoms with E-state index in [1.165, 1.54) is 0 Å². The largest absolute Gasteiger partial charge is 0.396 e. The molecule has 0 saturated carbocycles. The summed E-state index contributed by atoms with van der Waals surface area (Å²) in [4.78, 5) is 4.16. The molecule has 1 atom stereocenters. The lowest BCUT2D eigenvalue weighted by molar-refractivity contribution is 0.235. The molecule has 0 radical (unpaired) electrons. The van der Waals surface area contributed by atoms with Crippen LogP contribution in [0.2, 0.25) is 5.02 Å². The molecule has 4 nitrogen and oxygen atoms in total. The first kappa shape index (κ1) is 14.1. The molecule has 0 aliphatic carbocycles. The van der Waals surface area contributed by atoms with E-state index in [0.717, 1.165) is 0 Å². The molecular weight excluding hydrogens is 238 g/mol. The van der Waals surface area contributed by atoms with Gasteiger partial charge in [0.2, 0.25) is 0 Å². The maximum atomic E-state index is 9.08. The van der Waals surface area contributed by atoms with Crippen LogP contribution < -0.4 is 11.1 Å². The molecule has 0 spiro atoms. The zero-order chi connectivity index (χ0) is 13.1. The van der Waals surface area contributed by atoms with Crippen LogP contribution in [0.25, 0.3) is 0 Å². The van der Waals surface area contributed by atoms with Crippen LogP contribution in [0.15, 0.2) is 12.3 Å². The topological polar surface area (TPSA) is 71.2 Å². The highest BCUT2D eigenvalue weighted by Gasteiger charge is 2.24. The molecule has 0 aromatic carbocycles. The third kappa shape index (κ3) is 4.06. The number of pyridine rings is 1. The van der Waals surface area contributed by atoms with Gasteiger partial charge in [-0.1, -0.05) is 32.4 Å². The molecule has 1 aromatic heterocycles. The normalized spacial score (nSPS) is 13.5. The molecule has 1 unspecified atom stereocenters. The number of nitrogens with zero attached hydrogens (tertiary/aromatic N) is 1. The minimum absolute atomic E-state index is 0.0104. The summed E-state index contributed by atoms with van der Waals surface area (Å²) in [6, 6.07) is 1.76. The fourth-order valence-corrected chi connectivity index (χ4v) is 1.76. The van der Waals surface area contributed by atoms with Gasteiger partial charge in [0, 0.05) is 18.8 Å². The second-order valence-electron chi connectivity index (χ2n) is 5.17. The van der Waals surface area contributed by atoms with Crippen LogP contribution in [-0.2, 0) is 0 Å². The molecule has 0 aliphatic rings. The van der Waals surface area contributed by atoms with E-state index >= 15 is 0 Å². The van der Waals surface area contributed by atoms with E-state index in [0.29, 0.717) is 22.9 Å². The lowest BCUT2D eigenvalue weighted by Gasteiger charge is -2.31. The summed E-state index contributed by atoms with van der Waals surface area (Å²) >= 11 is 5.79. The predicted octanol–water partition coefficient (Wildman–Crippen LogP) is 2.53. The van der Waals surface area contributed by atoms with Crippen molar-refractivity contribution in [3.8, 4) is 0 Å². The Hall–Kier alpha value is -1.00. The van der Waals surface area contributed by atoms with Gasteiger partial charge in [-0.15, -0.1) is 0 Å². The summed E-state index contributed by atoms with van der Waals surface area (Å²) in [6.07, 6.45) is 2.20. The molecule has 0 bridgehead atoms. The van der Waals surface area contributed by atoms with Crippen LogP contribution >= 0.6 is 11.6 Å². The van der Waals surface area contributed by atoms with Crippen LogP contribution in [0, 0.1) is 5.41 Å². The Morgan fingerprint density at radius 1 is 1.53 bits per heavy atom. The van der Waals surface area contributed by atoms with Crippen molar-refractivity contribution in [1.82, 2.24) is 4.98 Å². The van der Waals surface area contributed by atoms with E-state index in [-0.39, 0.29) is 18.1 Å². The van der Waals surface area contributed by atoms with E-state index in [2.05, 4.69) is 31.1 Å². The number of nitrogens with two attached hydrogens (primary N) is 1. The number of aromatic nitrogens is 1. The lowest BCUT2D eigenvalue weighted by Crippen LogP contribution is -2.35. The summed E-state index contributed by atoms with van der Waals surface area (Å²) in [6.45, 7) is 6.44. The van der Waals surface area contributed by atoms with Gasteiger partial charge >= 0.3 is 0 Å². The van der Waals surface area contributed by atoms with Crippen molar-refractivity contribution in [2.24, 2.45) is 5.41 Å². The number of hydrogen-bond acceptors (Lipinski definition) is 4. The van der Waals surface area contributed by atoms with Crippen molar-refractivity contribution in [3.63, 3.8) is 0 Å². The van der Waals surface area contributed by atoms with Crippen LogP contribution in [0.3, 0.4) is 0 Å². The van der Waals surface area contributed by atoms with Gasteiger partial charge in [-0.3, -0.25) is 0 Å². The molecule has 17 heavy (non-hydrogen) atoms. The number of aliphatic hydroxyl groups is 1. The maximum Gasteiger partial charge on any atom is 0.149 e. The van der Waals surface area contributed by atoms with Gasteiger partial charge in [-0.2, -0.15) is 0 Å². The van der Waals surface area contributed by atoms with E-state index in [9.17, 15) is 0 Å². The summed E-state index contributed by atoms with van der Waals surface area (Å²) in [5.74, 6) is 0.614. The highest BCUT2D eigenvalue weighted by Crippen LogP contribution is 2.27. The predicted molar refractivity (Wildman–Crippen MR) is 72.2 cm³/mol. The van der Waals surface area contributed by atoms with Crippen LogP contribution in [0.1, 0.15) is 27.2 Å². The molecule has 5 heteroatoms. The smallest absolute Gasteiger partial charge is 0.149 e. The van der Waals surface area contributed by atoms with Gasteiger partial charge in [-0.05, 0) is 17.9 Å². The highest BCUT2D eigenvalue weighted by molar-refractivity contribution is 6.30. The molecule has 0 aliphatic heterocycles. The van der Waals surface area contributed by atoms with Crippen molar-refractivity contribution >= 4 is 23.1 Å². The van der Waals surface area contributed by atoms with Crippen molar-refractivity contribution in [3.05, 3.63) is 17.3 Å². The minimum atomic E-state index is 0.0104. The fourth-order valence-electron chi connectivity index (χ4n) is 1.59. The van der Waals surface area contributed by atoms with Crippen molar-refractivity contribution < 1.29 is 5.11 Å². The number of halogens is 1. The van der Waals surface area contributed by atoms with Gasteiger partial charge in [0.05, 0.1) is 10.7 Å². The molecular formula is C12H20ClN3O. The van der Waals surface area contributed by atoms with E-state index in [4.69, 9.17) is 22.4 Å². The highest BCUT2D eigenvalue weighted by atomic mass is 35.5. The fraction of sp³-hybridized carbons (Fsp3) is 0.583. The van der Waals surface area contributed by atoms with Crippen molar-refractivity contribution in [2.75, 3.05) is 17.7 Å². The Labute approximate surface area is 107 Å². The van der Waals surface area contributed by atoms with E-state index in [1.807, 2.05) is 0 Å². The number of nitrogens with one attached hydrogen (secondary N) is 1. The Morgan fingerprint density at radius 2 is 2.18 bits per heavy atom. The second-order valence-corrected chi connectivity index (χ2v) is 5.60. The average molecular weight is 258 g/mol. The minimum Gasteiger partial charge on any atom is -0.396 e. The average Bonchev–Trinajstić information content (AvgIpc) is 2.19. The Kier molecular flexibility index (Phi) is 4.60. The maximum absolute atomic E-state index is 9.08. The van der Waals surface area contributed by atoms with Crippen molar-refractivity contribution in [2.45, 2.75) is 33.2 Å². The number of rotatable bonds is 4. The first-order chi connectivity index (χ1) is 7.84. The molecule has 0 amide bonds. The molecule has 0 fully saturated rings. The molecule has 1 heterocycles. The molecule has 1 aromatic rings. The van der Waals surface area contributed by atoms with Crippen molar-refractivity contribution in [1.29, 1.82) is 0 Å². The third-order valence-electron chi connectivity index (χ3n) is 2.66. The Bertz CT molecular complexity index is 377. The third-order valence-corrected chi connectivity index (χ3v) is 2.86. The Balaban J connectivity index is 2.86. The number of hydrogen-bond donors (Lipinski definition) is 3. The van der Waals surface area contributed by atoms with Gasteiger partial charge in [-0.25, -0.2) is 4.98 Å². The number of aliphatic hydroxyl groups excluding tert-OH is 1. The van der Waals surface area contributed by atoms with Crippen LogP contribution in [-0.4, -0.2) is 22.7 Å². The molecule has 96 valence electrons. The number of nitrogen functional groups attached to an aromatic ring is 1. The molecule has 4 N–H and O–H groups in total. The van der Waals surface area contributed by atoms with Gasteiger partial charge in [0.1, 0.15) is 5.82 Å². The Morgan fingerprint density at radius 3 is 2.65 bits per heavy atom. The van der Waals surface area contributed by atoms with Gasteiger partial charge < -0.3 is 16.2 Å². The quantitative estimate of drug-likeness (QED) is 0.775. The first-order valence-electron chi connectivity index (χ1n) is 5.63. The van der Waals surface area contributed by atoms with Gasteiger partial charge in [0.25, 0.3) is 0 Å². The second kappa shape index (κ2) is 5.56. The zero-order valence-corrected chi connectivity index (χ0v) is 11.3. The summed E-state index contributed by atoms with van der Waals surface area (Å²) in [5, 5.41) is 12.9. The lowest BCUT2D eigenvalue weighted by atomic mass is 9.85. The van der Waals surface area contributed by atoms with E-state index in [1.54, 1.807) is 12.3 Å². The van der Waals surface area contributed by atoms with Crippen LogP contribution in [0.4, 0.5) is 11.5 Å². The summed E-state index contributed by atoms with van der Waals surface area (Å²) in [7, 11) is 0. The van der Waals surface area contributed by atoms with Crippen LogP contribution in [0.5, 0.6) is 0 Å². The van der Waals surface area contributed by atoms with E-state index < -0.39 is 0 Å². The summed E-state index contributed by atoms with van der Waals surface area (Å²) < 4.78 is 0.